The first kappa shape index (κ1) is 10.3. The van der Waals surface area contributed by atoms with Crippen molar-refractivity contribution in [1.82, 2.24) is 0 Å². The molecule has 5 atom stereocenters. The predicted octanol–water partition coefficient (Wildman–Crippen LogP) is -0.538. The molecule has 5 unspecified atom stereocenters. The fraction of sp³-hybridized carbons (Fsp3) is 1.00. The summed E-state index contributed by atoms with van der Waals surface area (Å²) in [5.74, 6) is 0.194. The summed E-state index contributed by atoms with van der Waals surface area (Å²) >= 11 is 0. The molecule has 2 rings (SSSR count). The first-order valence-corrected chi connectivity index (χ1v) is 4.88. The zero-order chi connectivity index (χ0) is 10.3. The van der Waals surface area contributed by atoms with Crippen LogP contribution < -0.4 is 0 Å². The van der Waals surface area contributed by atoms with Gasteiger partial charge in [-0.15, -0.1) is 0 Å². The average Bonchev–Trinajstić information content (AvgIpc) is 2.57. The van der Waals surface area contributed by atoms with Gasteiger partial charge in [0.2, 0.25) is 0 Å². The molecule has 5 heteroatoms. The fourth-order valence-electron chi connectivity index (χ4n) is 1.74. The third-order valence-electron chi connectivity index (χ3n) is 2.55. The molecule has 2 aliphatic rings. The van der Waals surface area contributed by atoms with E-state index in [1.54, 1.807) is 0 Å². The van der Waals surface area contributed by atoms with E-state index in [9.17, 15) is 10.2 Å². The molecule has 0 aromatic heterocycles. The van der Waals surface area contributed by atoms with Gasteiger partial charge in [0.15, 0.2) is 12.6 Å². The molecule has 14 heavy (non-hydrogen) atoms. The van der Waals surface area contributed by atoms with E-state index in [-0.39, 0.29) is 18.8 Å². The zero-order valence-electron chi connectivity index (χ0n) is 8.29. The van der Waals surface area contributed by atoms with Crippen molar-refractivity contribution in [1.29, 1.82) is 0 Å². The molecule has 0 aromatic carbocycles. The Morgan fingerprint density at radius 1 is 1.14 bits per heavy atom. The van der Waals surface area contributed by atoms with E-state index in [0.29, 0.717) is 0 Å². The van der Waals surface area contributed by atoms with Gasteiger partial charge in [-0.05, 0) is 0 Å². The van der Waals surface area contributed by atoms with Gasteiger partial charge in [0, 0.05) is 5.92 Å². The summed E-state index contributed by atoms with van der Waals surface area (Å²) in [6.45, 7) is 4.01. The predicted molar refractivity (Wildman–Crippen MR) is 46.3 cm³/mol. The van der Waals surface area contributed by atoms with Crippen LogP contribution in [0.2, 0.25) is 0 Å². The van der Waals surface area contributed by atoms with Crippen molar-refractivity contribution in [3.05, 3.63) is 0 Å². The van der Waals surface area contributed by atoms with Crippen molar-refractivity contribution in [2.24, 2.45) is 5.92 Å². The lowest BCUT2D eigenvalue weighted by molar-refractivity contribution is -0.223. The fourth-order valence-corrected chi connectivity index (χ4v) is 1.74. The molecule has 0 saturated carbocycles. The van der Waals surface area contributed by atoms with Gasteiger partial charge >= 0.3 is 0 Å². The standard InChI is InChI=1S/C9H16O5/c1-4(2)9-13-6-5(10)3-12-8(11)7(6)14-9/h4-11H,3H2,1-2H3. The van der Waals surface area contributed by atoms with E-state index in [4.69, 9.17) is 14.2 Å². The van der Waals surface area contributed by atoms with Crippen molar-refractivity contribution in [3.8, 4) is 0 Å². The molecular weight excluding hydrogens is 188 g/mol. The monoisotopic (exact) mass is 204 g/mol. The molecular formula is C9H16O5. The number of rotatable bonds is 1. The summed E-state index contributed by atoms with van der Waals surface area (Å²) in [5.41, 5.74) is 0. The van der Waals surface area contributed by atoms with E-state index in [0.717, 1.165) is 0 Å². The minimum absolute atomic E-state index is 0.0938. The van der Waals surface area contributed by atoms with Crippen LogP contribution in [0.15, 0.2) is 0 Å². The number of fused-ring (bicyclic) bond motifs is 1. The Labute approximate surface area is 82.6 Å². The van der Waals surface area contributed by atoms with Gasteiger partial charge < -0.3 is 24.4 Å². The molecule has 2 fully saturated rings. The highest BCUT2D eigenvalue weighted by Crippen LogP contribution is 2.31. The molecule has 2 saturated heterocycles. The first-order chi connectivity index (χ1) is 6.59. The van der Waals surface area contributed by atoms with Crippen LogP contribution in [0.3, 0.4) is 0 Å². The maximum Gasteiger partial charge on any atom is 0.184 e. The summed E-state index contributed by atoms with van der Waals surface area (Å²) in [5, 5.41) is 19.0. The lowest BCUT2D eigenvalue weighted by atomic mass is 10.1. The van der Waals surface area contributed by atoms with Crippen molar-refractivity contribution in [2.45, 2.75) is 44.7 Å². The molecule has 0 aromatic rings. The van der Waals surface area contributed by atoms with Crippen LogP contribution in [0.25, 0.3) is 0 Å². The van der Waals surface area contributed by atoms with Gasteiger partial charge in [0.1, 0.15) is 18.3 Å². The highest BCUT2D eigenvalue weighted by molar-refractivity contribution is 4.89. The molecule has 5 nitrogen and oxygen atoms in total. The van der Waals surface area contributed by atoms with Gasteiger partial charge in [-0.2, -0.15) is 0 Å². The maximum absolute atomic E-state index is 9.56. The SMILES string of the molecule is CC(C)C1OC2C(O)COC(O)C2O1. The highest BCUT2D eigenvalue weighted by Gasteiger charge is 2.48. The average molecular weight is 204 g/mol. The number of aliphatic hydroxyl groups excluding tert-OH is 2. The van der Waals surface area contributed by atoms with Crippen molar-refractivity contribution in [2.75, 3.05) is 6.61 Å². The minimum atomic E-state index is -0.993. The summed E-state index contributed by atoms with van der Waals surface area (Å²) in [4.78, 5) is 0. The van der Waals surface area contributed by atoms with Gasteiger partial charge in [-0.25, -0.2) is 0 Å². The molecule has 0 bridgehead atoms. The van der Waals surface area contributed by atoms with Gasteiger partial charge in [-0.3, -0.25) is 0 Å². The molecule has 0 amide bonds. The van der Waals surface area contributed by atoms with Crippen LogP contribution in [0.1, 0.15) is 13.8 Å². The Hall–Kier alpha value is -0.200. The first-order valence-electron chi connectivity index (χ1n) is 4.88. The smallest absolute Gasteiger partial charge is 0.184 e. The lowest BCUT2D eigenvalue weighted by Crippen LogP contribution is -2.51. The largest absolute Gasteiger partial charge is 0.388 e. The second-order valence-electron chi connectivity index (χ2n) is 4.11. The third kappa shape index (κ3) is 1.66. The van der Waals surface area contributed by atoms with Gasteiger partial charge in [0.05, 0.1) is 6.61 Å². The number of hydrogen-bond donors (Lipinski definition) is 2. The maximum atomic E-state index is 9.56. The minimum Gasteiger partial charge on any atom is -0.388 e. The van der Waals surface area contributed by atoms with Crippen LogP contribution in [0.5, 0.6) is 0 Å². The lowest BCUT2D eigenvalue weighted by Gasteiger charge is -2.31. The van der Waals surface area contributed by atoms with Crippen molar-refractivity contribution in [3.63, 3.8) is 0 Å². The Kier molecular flexibility index (Phi) is 2.77. The number of hydrogen-bond acceptors (Lipinski definition) is 5. The second-order valence-corrected chi connectivity index (χ2v) is 4.11. The van der Waals surface area contributed by atoms with Crippen LogP contribution in [-0.2, 0) is 14.2 Å². The van der Waals surface area contributed by atoms with Gasteiger partial charge in [0.25, 0.3) is 0 Å². The number of aliphatic hydroxyl groups is 2. The molecule has 2 N–H and O–H groups in total. The highest BCUT2D eigenvalue weighted by atomic mass is 16.8. The summed E-state index contributed by atoms with van der Waals surface area (Å²) in [6.07, 6.45) is -3.10. The third-order valence-corrected chi connectivity index (χ3v) is 2.55. The summed E-state index contributed by atoms with van der Waals surface area (Å²) in [6, 6.07) is 0. The van der Waals surface area contributed by atoms with Crippen LogP contribution >= 0.6 is 0 Å². The molecule has 0 spiro atoms. The molecule has 0 radical (unpaired) electrons. The molecule has 82 valence electrons. The Morgan fingerprint density at radius 3 is 2.36 bits per heavy atom. The zero-order valence-corrected chi connectivity index (χ0v) is 8.29. The Bertz CT molecular complexity index is 189. The number of ether oxygens (including phenoxy) is 3. The van der Waals surface area contributed by atoms with E-state index in [1.807, 2.05) is 13.8 Å². The van der Waals surface area contributed by atoms with Crippen LogP contribution in [0, 0.1) is 5.92 Å². The summed E-state index contributed by atoms with van der Waals surface area (Å²) < 4.78 is 15.9. The van der Waals surface area contributed by atoms with E-state index >= 15 is 0 Å². The van der Waals surface area contributed by atoms with E-state index in [2.05, 4.69) is 0 Å². The van der Waals surface area contributed by atoms with Crippen molar-refractivity contribution >= 4 is 0 Å². The Balaban J connectivity index is 2.06. The topological polar surface area (TPSA) is 68.2 Å². The van der Waals surface area contributed by atoms with Crippen LogP contribution in [0.4, 0.5) is 0 Å². The Morgan fingerprint density at radius 2 is 1.79 bits per heavy atom. The molecule has 2 heterocycles. The van der Waals surface area contributed by atoms with E-state index < -0.39 is 24.6 Å². The molecule has 2 aliphatic heterocycles. The van der Waals surface area contributed by atoms with Crippen LogP contribution in [-0.4, -0.2) is 47.7 Å². The quantitative estimate of drug-likeness (QED) is 0.600. The van der Waals surface area contributed by atoms with Crippen molar-refractivity contribution < 1.29 is 24.4 Å². The van der Waals surface area contributed by atoms with E-state index in [1.165, 1.54) is 0 Å². The normalized spacial score (nSPS) is 48.2. The second kappa shape index (κ2) is 3.75. The van der Waals surface area contributed by atoms with Gasteiger partial charge in [-0.1, -0.05) is 13.8 Å². The molecule has 0 aliphatic carbocycles. The summed E-state index contributed by atoms with van der Waals surface area (Å²) in [7, 11) is 0.